The van der Waals surface area contributed by atoms with Crippen LogP contribution in [0.25, 0.3) is 0 Å². The molecule has 0 aliphatic heterocycles. The number of halogens is 1. The van der Waals surface area contributed by atoms with Gasteiger partial charge in [0.25, 0.3) is 0 Å². The highest BCUT2D eigenvalue weighted by atomic mass is 79.9. The van der Waals surface area contributed by atoms with Gasteiger partial charge in [0.1, 0.15) is 6.04 Å². The highest BCUT2D eigenvalue weighted by Gasteiger charge is 2.11. The monoisotopic (exact) mass is 272 g/mol. The standard InChI is InChI=1S/C10H13BrN2O2/c1-7(10(14)15-2)13-5-8-3-9(11)6-12-4-8/h3-4,6-7,13H,5H2,1-2H3/t7-/m0/s1. The molecule has 0 aromatic carbocycles. The summed E-state index contributed by atoms with van der Waals surface area (Å²) < 4.78 is 5.52. The van der Waals surface area contributed by atoms with Gasteiger partial charge in [-0.3, -0.25) is 9.78 Å². The number of hydrogen-bond donors (Lipinski definition) is 1. The Labute approximate surface area is 97.2 Å². The van der Waals surface area contributed by atoms with Crippen LogP contribution in [-0.4, -0.2) is 24.1 Å². The molecule has 0 amide bonds. The predicted molar refractivity (Wildman–Crippen MR) is 60.3 cm³/mol. The highest BCUT2D eigenvalue weighted by molar-refractivity contribution is 9.10. The summed E-state index contributed by atoms with van der Waals surface area (Å²) in [6.07, 6.45) is 3.47. The molecule has 1 aromatic rings. The molecule has 1 aromatic heterocycles. The van der Waals surface area contributed by atoms with Gasteiger partial charge in [-0.15, -0.1) is 0 Å². The summed E-state index contributed by atoms with van der Waals surface area (Å²) in [5.74, 6) is -0.266. The lowest BCUT2D eigenvalue weighted by Crippen LogP contribution is -2.34. The molecule has 0 saturated carbocycles. The van der Waals surface area contributed by atoms with Crippen molar-refractivity contribution in [1.82, 2.24) is 10.3 Å². The minimum Gasteiger partial charge on any atom is -0.468 e. The number of rotatable bonds is 4. The van der Waals surface area contributed by atoms with Gasteiger partial charge in [-0.1, -0.05) is 0 Å². The number of carbonyl (C=O) groups is 1. The van der Waals surface area contributed by atoms with Crippen LogP contribution >= 0.6 is 15.9 Å². The lowest BCUT2D eigenvalue weighted by molar-refractivity contribution is -0.142. The van der Waals surface area contributed by atoms with Gasteiger partial charge in [-0.25, -0.2) is 0 Å². The first-order valence-electron chi connectivity index (χ1n) is 4.54. The Morgan fingerprint density at radius 1 is 1.67 bits per heavy atom. The lowest BCUT2D eigenvalue weighted by Gasteiger charge is -2.11. The lowest BCUT2D eigenvalue weighted by atomic mass is 10.2. The fourth-order valence-corrected chi connectivity index (χ4v) is 1.50. The van der Waals surface area contributed by atoms with Crippen molar-refractivity contribution in [3.63, 3.8) is 0 Å². The van der Waals surface area contributed by atoms with Crippen molar-refractivity contribution in [2.75, 3.05) is 7.11 Å². The van der Waals surface area contributed by atoms with Gasteiger partial charge in [0, 0.05) is 23.4 Å². The molecular weight excluding hydrogens is 260 g/mol. The maximum Gasteiger partial charge on any atom is 0.322 e. The van der Waals surface area contributed by atoms with E-state index in [1.54, 1.807) is 19.3 Å². The zero-order valence-electron chi connectivity index (χ0n) is 8.66. The minimum absolute atomic E-state index is 0.266. The van der Waals surface area contributed by atoms with Crippen LogP contribution in [0.5, 0.6) is 0 Å². The summed E-state index contributed by atoms with van der Waals surface area (Å²) in [6, 6.07) is 1.64. The van der Waals surface area contributed by atoms with Gasteiger partial charge in [-0.05, 0) is 34.5 Å². The van der Waals surface area contributed by atoms with E-state index >= 15 is 0 Å². The molecule has 1 heterocycles. The van der Waals surface area contributed by atoms with Crippen molar-refractivity contribution in [2.24, 2.45) is 0 Å². The van der Waals surface area contributed by atoms with Gasteiger partial charge < -0.3 is 10.1 Å². The Balaban J connectivity index is 2.47. The summed E-state index contributed by atoms with van der Waals surface area (Å²) in [6.45, 7) is 2.35. The number of methoxy groups -OCH3 is 1. The van der Waals surface area contributed by atoms with Crippen LogP contribution in [0.1, 0.15) is 12.5 Å². The van der Waals surface area contributed by atoms with E-state index in [2.05, 4.69) is 31.0 Å². The smallest absolute Gasteiger partial charge is 0.322 e. The molecule has 5 heteroatoms. The van der Waals surface area contributed by atoms with Crippen LogP contribution in [0.15, 0.2) is 22.9 Å². The molecule has 15 heavy (non-hydrogen) atoms. The number of hydrogen-bond acceptors (Lipinski definition) is 4. The molecule has 0 radical (unpaired) electrons. The number of carbonyl (C=O) groups excluding carboxylic acids is 1. The number of aromatic nitrogens is 1. The fraction of sp³-hybridized carbons (Fsp3) is 0.400. The summed E-state index contributed by atoms with van der Waals surface area (Å²) in [5.41, 5.74) is 1.01. The van der Waals surface area contributed by atoms with Crippen molar-refractivity contribution >= 4 is 21.9 Å². The van der Waals surface area contributed by atoms with Gasteiger partial charge in [0.15, 0.2) is 0 Å². The molecule has 82 valence electrons. The minimum atomic E-state index is -0.311. The van der Waals surface area contributed by atoms with E-state index in [0.29, 0.717) is 6.54 Å². The van der Waals surface area contributed by atoms with E-state index in [1.165, 1.54) is 7.11 Å². The summed E-state index contributed by atoms with van der Waals surface area (Å²) in [4.78, 5) is 15.1. The number of ether oxygens (including phenoxy) is 1. The number of nitrogens with zero attached hydrogens (tertiary/aromatic N) is 1. The zero-order chi connectivity index (χ0) is 11.3. The first-order valence-corrected chi connectivity index (χ1v) is 5.33. The van der Waals surface area contributed by atoms with Crippen LogP contribution in [-0.2, 0) is 16.1 Å². The normalized spacial score (nSPS) is 12.2. The zero-order valence-corrected chi connectivity index (χ0v) is 10.2. The maximum atomic E-state index is 11.1. The number of pyridine rings is 1. The van der Waals surface area contributed by atoms with Gasteiger partial charge in [0.05, 0.1) is 7.11 Å². The first kappa shape index (κ1) is 12.1. The van der Waals surface area contributed by atoms with Crippen LogP contribution in [0.2, 0.25) is 0 Å². The molecule has 0 fully saturated rings. The van der Waals surface area contributed by atoms with E-state index in [0.717, 1.165) is 10.0 Å². The van der Waals surface area contributed by atoms with Crippen LogP contribution < -0.4 is 5.32 Å². The van der Waals surface area contributed by atoms with E-state index in [-0.39, 0.29) is 12.0 Å². The molecule has 1 N–H and O–H groups in total. The third-order valence-electron chi connectivity index (χ3n) is 1.93. The van der Waals surface area contributed by atoms with Crippen molar-refractivity contribution < 1.29 is 9.53 Å². The fourth-order valence-electron chi connectivity index (χ4n) is 1.08. The SMILES string of the molecule is COC(=O)[C@H](C)NCc1cncc(Br)c1. The second-order valence-corrected chi connectivity index (χ2v) is 4.05. The van der Waals surface area contributed by atoms with Crippen molar-refractivity contribution in [3.05, 3.63) is 28.5 Å². The van der Waals surface area contributed by atoms with E-state index < -0.39 is 0 Å². The molecule has 0 unspecified atom stereocenters. The average molecular weight is 273 g/mol. The Bertz CT molecular complexity index is 344. The molecule has 0 saturated heterocycles. The summed E-state index contributed by atoms with van der Waals surface area (Å²) in [5, 5.41) is 3.04. The molecule has 0 spiro atoms. The molecule has 0 aliphatic rings. The summed E-state index contributed by atoms with van der Waals surface area (Å²) in [7, 11) is 1.38. The largest absolute Gasteiger partial charge is 0.468 e. The molecular formula is C10H13BrN2O2. The van der Waals surface area contributed by atoms with E-state index in [1.807, 2.05) is 6.07 Å². The Hall–Kier alpha value is -0.940. The Kier molecular flexibility index (Phi) is 4.71. The maximum absolute atomic E-state index is 11.1. The molecule has 4 nitrogen and oxygen atoms in total. The highest BCUT2D eigenvalue weighted by Crippen LogP contribution is 2.09. The average Bonchev–Trinajstić information content (AvgIpc) is 2.25. The van der Waals surface area contributed by atoms with Crippen LogP contribution in [0, 0.1) is 0 Å². The topological polar surface area (TPSA) is 51.2 Å². The molecule has 1 atom stereocenters. The van der Waals surface area contributed by atoms with Gasteiger partial charge in [0.2, 0.25) is 0 Å². The number of esters is 1. The van der Waals surface area contributed by atoms with Crippen molar-refractivity contribution in [2.45, 2.75) is 19.5 Å². The third-order valence-corrected chi connectivity index (χ3v) is 2.36. The van der Waals surface area contributed by atoms with E-state index in [9.17, 15) is 4.79 Å². The predicted octanol–water partition coefficient (Wildman–Crippen LogP) is 1.50. The van der Waals surface area contributed by atoms with Gasteiger partial charge >= 0.3 is 5.97 Å². The van der Waals surface area contributed by atoms with Crippen LogP contribution in [0.4, 0.5) is 0 Å². The molecule has 0 bridgehead atoms. The Morgan fingerprint density at radius 3 is 3.00 bits per heavy atom. The molecule has 0 aliphatic carbocycles. The van der Waals surface area contributed by atoms with Crippen LogP contribution in [0.3, 0.4) is 0 Å². The molecule has 1 rings (SSSR count). The van der Waals surface area contributed by atoms with Gasteiger partial charge in [-0.2, -0.15) is 0 Å². The second-order valence-electron chi connectivity index (χ2n) is 3.14. The Morgan fingerprint density at radius 2 is 2.40 bits per heavy atom. The second kappa shape index (κ2) is 5.82. The first-order chi connectivity index (χ1) is 7.13. The third kappa shape index (κ3) is 3.97. The van der Waals surface area contributed by atoms with Crippen molar-refractivity contribution in [1.29, 1.82) is 0 Å². The summed E-state index contributed by atoms with van der Waals surface area (Å²) >= 11 is 3.33. The van der Waals surface area contributed by atoms with E-state index in [4.69, 9.17) is 0 Å². The van der Waals surface area contributed by atoms with Crippen molar-refractivity contribution in [3.8, 4) is 0 Å². The quantitative estimate of drug-likeness (QED) is 0.844. The number of nitrogens with one attached hydrogen (secondary N) is 1.